The van der Waals surface area contributed by atoms with Gasteiger partial charge in [0.25, 0.3) is 0 Å². The van der Waals surface area contributed by atoms with E-state index < -0.39 is 0 Å². The molecule has 216 valence electrons. The lowest BCUT2D eigenvalue weighted by Gasteiger charge is -2.30. The number of carbonyl (C=O) groups excluding carboxylic acids is 1. The SMILES string of the molecule is C=CCOc1ccc2c(c1)Oc1cc(=C)ccc1=C2c1cc(N(C)C)c(N(CC)CCCC(=O)OCC)cc1OC. The molecule has 0 aliphatic carbocycles. The van der Waals surface area contributed by atoms with Crippen molar-refractivity contribution in [3.05, 3.63) is 82.8 Å². The Kier molecular flexibility index (Phi) is 9.61. The van der Waals surface area contributed by atoms with Gasteiger partial charge in [-0.25, -0.2) is 0 Å². The van der Waals surface area contributed by atoms with Crippen molar-refractivity contribution in [2.45, 2.75) is 26.7 Å². The standard InChI is InChI=1S/C34H40N2O5/c1-8-18-40-24-14-16-26-32(20-24)41-31-19-23(4)13-15-25(31)34(26)27-21-28(35(5)6)29(22-30(27)38-7)36(9-2)17-11-12-33(37)39-10-3/h8,13-16,19-22H,1,4,9-12,17-18H2,2-3,5-7H3. The highest BCUT2D eigenvalue weighted by Crippen LogP contribution is 2.44. The summed E-state index contributed by atoms with van der Waals surface area (Å²) in [5.41, 5.74) is 4.98. The van der Waals surface area contributed by atoms with E-state index in [0.717, 1.165) is 56.6 Å². The van der Waals surface area contributed by atoms with E-state index in [0.29, 0.717) is 44.1 Å². The van der Waals surface area contributed by atoms with Gasteiger partial charge in [-0.2, -0.15) is 0 Å². The molecule has 0 aromatic heterocycles. The molecular formula is C34H40N2O5. The van der Waals surface area contributed by atoms with Gasteiger partial charge in [0.2, 0.25) is 0 Å². The number of rotatable bonds is 13. The lowest BCUT2D eigenvalue weighted by molar-refractivity contribution is -0.143. The second-order valence-corrected chi connectivity index (χ2v) is 9.99. The van der Waals surface area contributed by atoms with Crippen molar-refractivity contribution in [2.24, 2.45) is 0 Å². The van der Waals surface area contributed by atoms with Crippen LogP contribution in [0.4, 0.5) is 11.4 Å². The number of benzene rings is 3. The van der Waals surface area contributed by atoms with Crippen LogP contribution in [0, 0.1) is 0 Å². The summed E-state index contributed by atoms with van der Waals surface area (Å²) in [5.74, 6) is 2.71. The lowest BCUT2D eigenvalue weighted by Crippen LogP contribution is -2.27. The quantitative estimate of drug-likeness (QED) is 0.165. The summed E-state index contributed by atoms with van der Waals surface area (Å²) in [6, 6.07) is 16.1. The van der Waals surface area contributed by atoms with Crippen molar-refractivity contribution in [2.75, 3.05) is 57.3 Å². The Morgan fingerprint density at radius 2 is 1.80 bits per heavy atom. The summed E-state index contributed by atoms with van der Waals surface area (Å²) in [6.07, 6.45) is 2.80. The molecule has 1 heterocycles. The van der Waals surface area contributed by atoms with Crippen LogP contribution in [0.1, 0.15) is 37.8 Å². The predicted octanol–water partition coefficient (Wildman–Crippen LogP) is 5.26. The minimum atomic E-state index is -0.166. The third kappa shape index (κ3) is 6.51. The molecule has 0 bridgehead atoms. The molecule has 3 aromatic rings. The van der Waals surface area contributed by atoms with E-state index in [1.54, 1.807) is 13.2 Å². The molecule has 1 aliphatic heterocycles. The molecule has 0 unspecified atom stereocenters. The molecule has 0 radical (unpaired) electrons. The number of ether oxygens (including phenoxy) is 4. The van der Waals surface area contributed by atoms with Crippen LogP contribution in [0.5, 0.6) is 23.0 Å². The second-order valence-electron chi connectivity index (χ2n) is 9.99. The molecule has 7 heteroatoms. The van der Waals surface area contributed by atoms with E-state index in [-0.39, 0.29) is 5.97 Å². The molecule has 0 saturated heterocycles. The largest absolute Gasteiger partial charge is 0.496 e. The molecule has 41 heavy (non-hydrogen) atoms. The van der Waals surface area contributed by atoms with Gasteiger partial charge in [-0.1, -0.05) is 31.4 Å². The van der Waals surface area contributed by atoms with Crippen LogP contribution >= 0.6 is 0 Å². The van der Waals surface area contributed by atoms with Crippen molar-refractivity contribution < 1.29 is 23.7 Å². The average Bonchev–Trinajstić information content (AvgIpc) is 2.96. The molecular weight excluding hydrogens is 516 g/mol. The highest BCUT2D eigenvalue weighted by molar-refractivity contribution is 5.91. The zero-order valence-electron chi connectivity index (χ0n) is 24.8. The van der Waals surface area contributed by atoms with Gasteiger partial charge in [0, 0.05) is 67.7 Å². The average molecular weight is 557 g/mol. The van der Waals surface area contributed by atoms with Crippen LogP contribution in [0.25, 0.3) is 12.2 Å². The van der Waals surface area contributed by atoms with E-state index in [2.05, 4.69) is 48.1 Å². The number of esters is 1. The van der Waals surface area contributed by atoms with Gasteiger partial charge in [-0.15, -0.1) is 0 Å². The monoisotopic (exact) mass is 556 g/mol. The summed E-state index contributed by atoms with van der Waals surface area (Å²) >= 11 is 0. The summed E-state index contributed by atoms with van der Waals surface area (Å²) in [7, 11) is 5.77. The van der Waals surface area contributed by atoms with Crippen molar-refractivity contribution >= 4 is 29.5 Å². The van der Waals surface area contributed by atoms with E-state index >= 15 is 0 Å². The molecule has 0 amide bonds. The second kappa shape index (κ2) is 13.3. The first-order valence-electron chi connectivity index (χ1n) is 14.0. The number of hydrogen-bond acceptors (Lipinski definition) is 7. The maximum Gasteiger partial charge on any atom is 0.305 e. The van der Waals surface area contributed by atoms with Gasteiger partial charge < -0.3 is 28.7 Å². The Hall–Kier alpha value is -4.39. The number of nitrogens with zero attached hydrogens (tertiary/aromatic N) is 2. The van der Waals surface area contributed by atoms with Gasteiger partial charge in [0.1, 0.15) is 29.6 Å². The molecule has 0 atom stereocenters. The molecule has 7 nitrogen and oxygen atoms in total. The molecule has 0 saturated carbocycles. The normalized spacial score (nSPS) is 11.6. The minimum Gasteiger partial charge on any atom is -0.496 e. The third-order valence-corrected chi connectivity index (χ3v) is 7.01. The smallest absolute Gasteiger partial charge is 0.305 e. The highest BCUT2D eigenvalue weighted by atomic mass is 16.5. The van der Waals surface area contributed by atoms with Gasteiger partial charge in [-0.3, -0.25) is 4.79 Å². The topological polar surface area (TPSA) is 60.5 Å². The van der Waals surface area contributed by atoms with Crippen molar-refractivity contribution in [3.63, 3.8) is 0 Å². The van der Waals surface area contributed by atoms with Crippen molar-refractivity contribution in [1.82, 2.24) is 0 Å². The van der Waals surface area contributed by atoms with Crippen LogP contribution in [0.3, 0.4) is 0 Å². The molecule has 0 spiro atoms. The first-order chi connectivity index (χ1) is 19.8. The molecule has 3 aromatic carbocycles. The van der Waals surface area contributed by atoms with Crippen LogP contribution < -0.4 is 34.4 Å². The fourth-order valence-electron chi connectivity index (χ4n) is 5.08. The Labute approximate surface area is 242 Å². The van der Waals surface area contributed by atoms with Crippen molar-refractivity contribution in [1.29, 1.82) is 0 Å². The highest BCUT2D eigenvalue weighted by Gasteiger charge is 2.26. The Bertz CT molecular complexity index is 1530. The third-order valence-electron chi connectivity index (χ3n) is 7.01. The summed E-state index contributed by atoms with van der Waals surface area (Å²) in [6.45, 7) is 14.1. The van der Waals surface area contributed by atoms with Gasteiger partial charge >= 0.3 is 5.97 Å². The van der Waals surface area contributed by atoms with Gasteiger partial charge in [0.05, 0.1) is 25.1 Å². The zero-order valence-corrected chi connectivity index (χ0v) is 24.8. The fourth-order valence-corrected chi connectivity index (χ4v) is 5.08. The van der Waals surface area contributed by atoms with E-state index in [4.69, 9.17) is 18.9 Å². The number of fused-ring (bicyclic) bond motifs is 2. The number of carbonyl (C=O) groups is 1. The van der Waals surface area contributed by atoms with Crippen LogP contribution in [-0.4, -0.2) is 53.5 Å². The predicted molar refractivity (Wildman–Crippen MR) is 166 cm³/mol. The maximum absolute atomic E-state index is 11.9. The van der Waals surface area contributed by atoms with Crippen LogP contribution in [0.2, 0.25) is 0 Å². The Morgan fingerprint density at radius 1 is 1.00 bits per heavy atom. The van der Waals surface area contributed by atoms with Crippen LogP contribution in [0.15, 0.2) is 61.2 Å². The fraction of sp³-hybridized carbons (Fsp3) is 0.324. The lowest BCUT2D eigenvalue weighted by atomic mass is 9.91. The number of methoxy groups -OCH3 is 1. The maximum atomic E-state index is 11.9. The van der Waals surface area contributed by atoms with Gasteiger partial charge in [-0.05, 0) is 49.8 Å². The van der Waals surface area contributed by atoms with Gasteiger partial charge in [0.15, 0.2) is 0 Å². The Balaban J connectivity index is 1.87. The van der Waals surface area contributed by atoms with E-state index in [1.807, 2.05) is 51.4 Å². The van der Waals surface area contributed by atoms with Crippen molar-refractivity contribution in [3.8, 4) is 23.0 Å². The summed E-state index contributed by atoms with van der Waals surface area (Å²) in [4.78, 5) is 16.3. The first-order valence-corrected chi connectivity index (χ1v) is 14.0. The number of anilines is 2. The van der Waals surface area contributed by atoms with Crippen LogP contribution in [-0.2, 0) is 9.53 Å². The molecule has 1 aliphatic rings. The number of hydrogen-bond donors (Lipinski definition) is 0. The Morgan fingerprint density at radius 3 is 2.49 bits per heavy atom. The van der Waals surface area contributed by atoms with E-state index in [9.17, 15) is 4.79 Å². The first kappa shape index (κ1) is 29.6. The van der Waals surface area contributed by atoms with E-state index in [1.165, 1.54) is 0 Å². The molecule has 0 N–H and O–H groups in total. The summed E-state index contributed by atoms with van der Waals surface area (Å²) in [5, 5.41) is 1.82. The minimum absolute atomic E-state index is 0.166. The molecule has 4 rings (SSSR count). The molecule has 0 fully saturated rings. The summed E-state index contributed by atoms with van der Waals surface area (Å²) < 4.78 is 23.3. The zero-order chi connectivity index (χ0) is 29.5.